The number of hydrogen-bond acceptors (Lipinski definition) is 3. The van der Waals surface area contributed by atoms with Gasteiger partial charge in [0.05, 0.1) is 6.61 Å². The lowest BCUT2D eigenvalue weighted by Gasteiger charge is -2.22. The minimum atomic E-state index is -0.532. The summed E-state index contributed by atoms with van der Waals surface area (Å²) in [7, 11) is 0. The minimum Gasteiger partial charge on any atom is -0.464 e. The molecule has 0 heterocycles. The summed E-state index contributed by atoms with van der Waals surface area (Å²) in [4.78, 5) is 23.8. The summed E-state index contributed by atoms with van der Waals surface area (Å²) in [6, 6.07) is -0.532. The first kappa shape index (κ1) is 17.0. The van der Waals surface area contributed by atoms with E-state index in [1.807, 2.05) is 0 Å². The van der Waals surface area contributed by atoms with Crippen molar-refractivity contribution in [3.63, 3.8) is 0 Å². The van der Waals surface area contributed by atoms with Gasteiger partial charge >= 0.3 is 5.97 Å². The number of ether oxygens (including phenoxy) is 1. The number of unbranched alkanes of at least 4 members (excludes halogenated alkanes) is 3. The van der Waals surface area contributed by atoms with E-state index in [1.54, 1.807) is 6.92 Å². The number of amides is 1. The molecule has 1 N–H and O–H groups in total. The fourth-order valence-corrected chi connectivity index (χ4v) is 2.58. The van der Waals surface area contributed by atoms with Gasteiger partial charge in [-0.05, 0) is 26.2 Å². The molecule has 4 heteroatoms. The van der Waals surface area contributed by atoms with Crippen LogP contribution in [0.2, 0.25) is 0 Å². The Morgan fingerprint density at radius 1 is 1.15 bits per heavy atom. The molecule has 1 amide bonds. The molecule has 0 aromatic rings. The molecule has 0 spiro atoms. The SMILES string of the molecule is CCCCCCOC(=O)[C@H](C)NC(=O)C1CCCCC1. The van der Waals surface area contributed by atoms with Crippen LogP contribution in [0.4, 0.5) is 0 Å². The van der Waals surface area contributed by atoms with E-state index in [2.05, 4.69) is 12.2 Å². The molecule has 1 rings (SSSR count). The number of nitrogens with one attached hydrogen (secondary N) is 1. The number of esters is 1. The maximum Gasteiger partial charge on any atom is 0.328 e. The fraction of sp³-hybridized carbons (Fsp3) is 0.875. The van der Waals surface area contributed by atoms with Crippen LogP contribution in [-0.4, -0.2) is 24.5 Å². The maximum atomic E-state index is 12.0. The first-order valence-electron chi connectivity index (χ1n) is 8.12. The normalized spacial score (nSPS) is 17.5. The van der Waals surface area contributed by atoms with Gasteiger partial charge < -0.3 is 10.1 Å². The predicted molar refractivity (Wildman–Crippen MR) is 79.3 cm³/mol. The summed E-state index contributed by atoms with van der Waals surface area (Å²) in [6.45, 7) is 4.31. The Morgan fingerprint density at radius 2 is 1.85 bits per heavy atom. The lowest BCUT2D eigenvalue weighted by molar-refractivity contribution is -0.148. The van der Waals surface area contributed by atoms with E-state index < -0.39 is 6.04 Å². The van der Waals surface area contributed by atoms with E-state index in [-0.39, 0.29) is 17.8 Å². The zero-order chi connectivity index (χ0) is 14.8. The number of hydrogen-bond donors (Lipinski definition) is 1. The number of carbonyl (C=O) groups is 2. The van der Waals surface area contributed by atoms with Crippen molar-refractivity contribution in [2.45, 2.75) is 77.7 Å². The molecule has 0 bridgehead atoms. The third-order valence-corrected chi connectivity index (χ3v) is 3.93. The summed E-state index contributed by atoms with van der Waals surface area (Å²) < 4.78 is 5.18. The Morgan fingerprint density at radius 3 is 2.50 bits per heavy atom. The standard InChI is InChI=1S/C16H29NO3/c1-3-4-5-9-12-20-16(19)13(2)17-15(18)14-10-7-6-8-11-14/h13-14H,3-12H2,1-2H3,(H,17,18)/t13-/m0/s1. The molecular formula is C16H29NO3. The summed E-state index contributed by atoms with van der Waals surface area (Å²) >= 11 is 0. The molecule has 20 heavy (non-hydrogen) atoms. The maximum absolute atomic E-state index is 12.0. The van der Waals surface area contributed by atoms with Gasteiger partial charge in [0.15, 0.2) is 0 Å². The van der Waals surface area contributed by atoms with Crippen LogP contribution in [0.1, 0.15) is 71.6 Å². The van der Waals surface area contributed by atoms with E-state index in [9.17, 15) is 9.59 Å². The number of carbonyl (C=O) groups excluding carboxylic acids is 2. The second-order valence-electron chi connectivity index (χ2n) is 5.79. The van der Waals surface area contributed by atoms with Gasteiger partial charge in [-0.3, -0.25) is 4.79 Å². The zero-order valence-corrected chi connectivity index (χ0v) is 13.0. The molecule has 0 aromatic heterocycles. The van der Waals surface area contributed by atoms with E-state index in [4.69, 9.17) is 4.74 Å². The van der Waals surface area contributed by atoms with Crippen LogP contribution in [0.15, 0.2) is 0 Å². The van der Waals surface area contributed by atoms with Crippen molar-refractivity contribution in [2.75, 3.05) is 6.61 Å². The predicted octanol–water partition coefficient (Wildman–Crippen LogP) is 3.19. The molecule has 1 aliphatic rings. The first-order chi connectivity index (χ1) is 9.65. The van der Waals surface area contributed by atoms with Crippen LogP contribution < -0.4 is 5.32 Å². The second-order valence-corrected chi connectivity index (χ2v) is 5.79. The van der Waals surface area contributed by atoms with Crippen molar-refractivity contribution >= 4 is 11.9 Å². The van der Waals surface area contributed by atoms with Crippen molar-refractivity contribution < 1.29 is 14.3 Å². The molecule has 0 aromatic carbocycles. The molecule has 0 radical (unpaired) electrons. The summed E-state index contributed by atoms with van der Waals surface area (Å²) in [5.74, 6) is -0.214. The van der Waals surface area contributed by atoms with Crippen molar-refractivity contribution in [3.8, 4) is 0 Å². The smallest absolute Gasteiger partial charge is 0.328 e. The highest BCUT2D eigenvalue weighted by Crippen LogP contribution is 2.23. The second kappa shape index (κ2) is 9.78. The molecular weight excluding hydrogens is 254 g/mol. The molecule has 0 aliphatic heterocycles. The van der Waals surface area contributed by atoms with Gasteiger partial charge in [-0.25, -0.2) is 4.79 Å². The Balaban J connectivity index is 2.18. The highest BCUT2D eigenvalue weighted by molar-refractivity contribution is 5.85. The Bertz CT molecular complexity index is 298. The van der Waals surface area contributed by atoms with Crippen molar-refractivity contribution in [1.29, 1.82) is 0 Å². The topological polar surface area (TPSA) is 55.4 Å². The Kier molecular flexibility index (Phi) is 8.31. The fourth-order valence-electron chi connectivity index (χ4n) is 2.58. The molecule has 0 saturated heterocycles. The average molecular weight is 283 g/mol. The van der Waals surface area contributed by atoms with Crippen LogP contribution in [-0.2, 0) is 14.3 Å². The Hall–Kier alpha value is -1.06. The third kappa shape index (κ3) is 6.40. The van der Waals surface area contributed by atoms with E-state index >= 15 is 0 Å². The molecule has 1 aliphatic carbocycles. The van der Waals surface area contributed by atoms with Crippen molar-refractivity contribution in [3.05, 3.63) is 0 Å². The lowest BCUT2D eigenvalue weighted by Crippen LogP contribution is -2.43. The van der Waals surface area contributed by atoms with Gasteiger partial charge in [-0.1, -0.05) is 45.4 Å². The Labute approximate surface area is 122 Å². The van der Waals surface area contributed by atoms with Crippen LogP contribution in [0.5, 0.6) is 0 Å². The quantitative estimate of drug-likeness (QED) is 0.550. The van der Waals surface area contributed by atoms with Gasteiger partial charge in [0.25, 0.3) is 0 Å². The first-order valence-corrected chi connectivity index (χ1v) is 8.12. The van der Waals surface area contributed by atoms with Crippen LogP contribution in [0.3, 0.4) is 0 Å². The number of rotatable bonds is 8. The van der Waals surface area contributed by atoms with Crippen molar-refractivity contribution in [2.24, 2.45) is 5.92 Å². The van der Waals surface area contributed by atoms with Crippen molar-refractivity contribution in [1.82, 2.24) is 5.32 Å². The third-order valence-electron chi connectivity index (χ3n) is 3.93. The van der Waals surface area contributed by atoms with Crippen LogP contribution in [0, 0.1) is 5.92 Å². The van der Waals surface area contributed by atoms with Gasteiger partial charge in [0.2, 0.25) is 5.91 Å². The molecule has 1 atom stereocenters. The highest BCUT2D eigenvalue weighted by atomic mass is 16.5. The highest BCUT2D eigenvalue weighted by Gasteiger charge is 2.24. The van der Waals surface area contributed by atoms with Crippen LogP contribution >= 0.6 is 0 Å². The minimum absolute atomic E-state index is 0.0140. The average Bonchev–Trinajstić information content (AvgIpc) is 2.47. The van der Waals surface area contributed by atoms with E-state index in [0.717, 1.165) is 38.5 Å². The largest absolute Gasteiger partial charge is 0.464 e. The molecule has 116 valence electrons. The molecule has 1 fully saturated rings. The summed E-state index contributed by atoms with van der Waals surface area (Å²) in [5.41, 5.74) is 0. The summed E-state index contributed by atoms with van der Waals surface area (Å²) in [6.07, 6.45) is 9.69. The summed E-state index contributed by atoms with van der Waals surface area (Å²) in [5, 5.41) is 2.79. The zero-order valence-electron chi connectivity index (χ0n) is 13.0. The van der Waals surface area contributed by atoms with Gasteiger partial charge in [-0.2, -0.15) is 0 Å². The monoisotopic (exact) mass is 283 g/mol. The molecule has 1 saturated carbocycles. The van der Waals surface area contributed by atoms with Gasteiger partial charge in [-0.15, -0.1) is 0 Å². The van der Waals surface area contributed by atoms with E-state index in [1.165, 1.54) is 19.3 Å². The van der Waals surface area contributed by atoms with Crippen LogP contribution in [0.25, 0.3) is 0 Å². The molecule has 0 unspecified atom stereocenters. The van der Waals surface area contributed by atoms with Gasteiger partial charge in [0.1, 0.15) is 6.04 Å². The van der Waals surface area contributed by atoms with Gasteiger partial charge in [0, 0.05) is 5.92 Å². The lowest BCUT2D eigenvalue weighted by atomic mass is 9.88. The molecule has 4 nitrogen and oxygen atoms in total. The van der Waals surface area contributed by atoms with E-state index in [0.29, 0.717) is 6.61 Å².